The minimum atomic E-state index is -3.30. The summed E-state index contributed by atoms with van der Waals surface area (Å²) in [5, 5.41) is 0. The normalized spacial score (nSPS) is 12.6. The van der Waals surface area contributed by atoms with E-state index >= 15 is 0 Å². The van der Waals surface area contributed by atoms with Crippen molar-refractivity contribution in [1.82, 2.24) is 4.57 Å². The maximum atomic E-state index is 12.7. The minimum Gasteiger partial charge on any atom is -0.383 e. The number of methoxy groups -OCH3 is 1. The van der Waals surface area contributed by atoms with Gasteiger partial charge in [-0.1, -0.05) is 24.3 Å². The molecule has 0 N–H and O–H groups in total. The quantitative estimate of drug-likeness (QED) is 0.597. The van der Waals surface area contributed by atoms with Crippen LogP contribution in [0, 0.1) is 13.8 Å². The number of fused-ring (bicyclic) bond motifs is 1. The van der Waals surface area contributed by atoms with Crippen LogP contribution in [-0.2, 0) is 21.1 Å². The number of thiazole rings is 1. The van der Waals surface area contributed by atoms with Crippen LogP contribution < -0.4 is 4.80 Å². The number of nitrogens with zero attached hydrogens (tertiary/aromatic N) is 2. The summed E-state index contributed by atoms with van der Waals surface area (Å²) < 4.78 is 32.2. The zero-order valence-electron chi connectivity index (χ0n) is 16.9. The number of aryl methyl sites for hydroxylation is 2. The van der Waals surface area contributed by atoms with Crippen molar-refractivity contribution in [3.05, 3.63) is 57.9 Å². The van der Waals surface area contributed by atoms with E-state index in [9.17, 15) is 13.2 Å². The second-order valence-corrected chi connectivity index (χ2v) is 10.1. The van der Waals surface area contributed by atoms with Crippen LogP contribution in [0.1, 0.15) is 28.4 Å². The van der Waals surface area contributed by atoms with Gasteiger partial charge in [-0.05, 0) is 55.3 Å². The number of hydrogen-bond acceptors (Lipinski definition) is 5. The van der Waals surface area contributed by atoms with E-state index < -0.39 is 15.7 Å². The van der Waals surface area contributed by atoms with E-state index in [0.29, 0.717) is 23.5 Å². The first-order valence-electron chi connectivity index (χ1n) is 9.28. The lowest BCUT2D eigenvalue weighted by Crippen LogP contribution is -2.19. The van der Waals surface area contributed by atoms with Crippen molar-refractivity contribution >= 4 is 37.3 Å². The number of rotatable bonds is 6. The minimum absolute atomic E-state index is 0.0186. The topological polar surface area (TPSA) is 77.7 Å². The number of ether oxygens (including phenoxy) is 1. The molecule has 154 valence electrons. The molecule has 0 aliphatic carbocycles. The molecule has 0 bridgehead atoms. The summed E-state index contributed by atoms with van der Waals surface area (Å²) in [4.78, 5) is 17.9. The molecule has 0 radical (unpaired) electrons. The molecule has 8 heteroatoms. The standard InChI is InChI=1S/C21H24N2O4S2/c1-5-29(25,26)17-8-6-16(7-9-17)20(24)22-21-23(10-11-27-4)18-13-14(2)12-15(3)19(18)28-21/h6-9,12-13H,5,10-11H2,1-4H3. The molecule has 0 saturated heterocycles. The van der Waals surface area contributed by atoms with Gasteiger partial charge in [-0.15, -0.1) is 0 Å². The highest BCUT2D eigenvalue weighted by Gasteiger charge is 2.14. The maximum Gasteiger partial charge on any atom is 0.279 e. The van der Waals surface area contributed by atoms with E-state index in [0.717, 1.165) is 21.3 Å². The predicted molar refractivity (Wildman–Crippen MR) is 115 cm³/mol. The Morgan fingerprint density at radius 2 is 1.86 bits per heavy atom. The second kappa shape index (κ2) is 8.61. The molecule has 0 fully saturated rings. The fourth-order valence-electron chi connectivity index (χ4n) is 3.12. The van der Waals surface area contributed by atoms with Crippen LogP contribution in [0.3, 0.4) is 0 Å². The Kier molecular flexibility index (Phi) is 6.36. The summed E-state index contributed by atoms with van der Waals surface area (Å²) in [6.45, 7) is 6.76. The molecule has 29 heavy (non-hydrogen) atoms. The van der Waals surface area contributed by atoms with E-state index in [1.165, 1.54) is 35.6 Å². The lowest BCUT2D eigenvalue weighted by Gasteiger charge is -2.06. The molecule has 3 rings (SSSR count). The van der Waals surface area contributed by atoms with Crippen molar-refractivity contribution in [1.29, 1.82) is 0 Å². The first-order valence-corrected chi connectivity index (χ1v) is 11.7. The first kappa shape index (κ1) is 21.4. The van der Waals surface area contributed by atoms with Gasteiger partial charge in [-0.2, -0.15) is 4.99 Å². The van der Waals surface area contributed by atoms with E-state index in [4.69, 9.17) is 4.74 Å². The average molecular weight is 433 g/mol. The fourth-order valence-corrected chi connectivity index (χ4v) is 5.11. The lowest BCUT2D eigenvalue weighted by atomic mass is 10.1. The zero-order valence-corrected chi connectivity index (χ0v) is 18.6. The average Bonchev–Trinajstić information content (AvgIpc) is 3.03. The number of hydrogen-bond donors (Lipinski definition) is 0. The number of amides is 1. The Morgan fingerprint density at radius 3 is 2.48 bits per heavy atom. The third kappa shape index (κ3) is 4.49. The molecular weight excluding hydrogens is 408 g/mol. The van der Waals surface area contributed by atoms with Crippen LogP contribution in [0.5, 0.6) is 0 Å². The summed E-state index contributed by atoms with van der Waals surface area (Å²) in [5.41, 5.74) is 3.66. The van der Waals surface area contributed by atoms with Crippen molar-refractivity contribution in [2.24, 2.45) is 4.99 Å². The van der Waals surface area contributed by atoms with Crippen molar-refractivity contribution < 1.29 is 17.9 Å². The third-order valence-corrected chi connectivity index (χ3v) is 7.65. The summed E-state index contributed by atoms with van der Waals surface area (Å²) >= 11 is 1.47. The molecule has 1 amide bonds. The van der Waals surface area contributed by atoms with E-state index in [1.54, 1.807) is 14.0 Å². The molecule has 0 unspecified atom stereocenters. The van der Waals surface area contributed by atoms with E-state index in [1.807, 2.05) is 18.4 Å². The monoisotopic (exact) mass is 432 g/mol. The molecule has 0 spiro atoms. The summed E-state index contributed by atoms with van der Waals surface area (Å²) in [7, 11) is -1.66. The molecule has 0 aliphatic rings. The molecule has 2 aromatic carbocycles. The smallest absolute Gasteiger partial charge is 0.279 e. The van der Waals surface area contributed by atoms with Gasteiger partial charge in [0.05, 0.1) is 27.5 Å². The van der Waals surface area contributed by atoms with Gasteiger partial charge < -0.3 is 9.30 Å². The highest BCUT2D eigenvalue weighted by molar-refractivity contribution is 7.91. The van der Waals surface area contributed by atoms with Crippen LogP contribution in [0.15, 0.2) is 46.3 Å². The SMILES string of the molecule is CCS(=O)(=O)c1ccc(C(=O)N=c2sc3c(C)cc(C)cc3n2CCOC)cc1. The van der Waals surface area contributed by atoms with E-state index in [2.05, 4.69) is 17.1 Å². The first-order chi connectivity index (χ1) is 13.8. The van der Waals surface area contributed by atoms with Gasteiger partial charge in [0.15, 0.2) is 14.6 Å². The Bertz CT molecular complexity index is 1220. The van der Waals surface area contributed by atoms with Crippen molar-refractivity contribution in [3.63, 3.8) is 0 Å². The number of carbonyl (C=O) groups is 1. The lowest BCUT2D eigenvalue weighted by molar-refractivity contribution is 0.0997. The zero-order chi connectivity index (χ0) is 21.2. The molecule has 3 aromatic rings. The van der Waals surface area contributed by atoms with E-state index in [-0.39, 0.29) is 10.6 Å². The van der Waals surface area contributed by atoms with Crippen LogP contribution in [0.4, 0.5) is 0 Å². The Morgan fingerprint density at radius 1 is 1.17 bits per heavy atom. The van der Waals surface area contributed by atoms with Crippen LogP contribution in [-0.4, -0.2) is 38.4 Å². The van der Waals surface area contributed by atoms with Crippen LogP contribution in [0.2, 0.25) is 0 Å². The van der Waals surface area contributed by atoms with Gasteiger partial charge >= 0.3 is 0 Å². The highest BCUT2D eigenvalue weighted by atomic mass is 32.2. The Hall–Kier alpha value is -2.29. The number of benzene rings is 2. The van der Waals surface area contributed by atoms with Gasteiger partial charge in [0, 0.05) is 19.2 Å². The molecular formula is C21H24N2O4S2. The number of aromatic nitrogens is 1. The number of sulfone groups is 1. The van der Waals surface area contributed by atoms with Crippen molar-refractivity contribution in [2.75, 3.05) is 19.5 Å². The van der Waals surface area contributed by atoms with Gasteiger partial charge in [0.2, 0.25) is 0 Å². The summed E-state index contributed by atoms with van der Waals surface area (Å²) in [5.74, 6) is -0.386. The molecule has 6 nitrogen and oxygen atoms in total. The molecule has 1 aromatic heterocycles. The van der Waals surface area contributed by atoms with Crippen molar-refractivity contribution in [2.45, 2.75) is 32.2 Å². The van der Waals surface area contributed by atoms with Crippen LogP contribution in [0.25, 0.3) is 10.2 Å². The predicted octanol–water partition coefficient (Wildman–Crippen LogP) is 3.50. The highest BCUT2D eigenvalue weighted by Crippen LogP contribution is 2.23. The molecule has 0 aliphatic heterocycles. The molecule has 0 saturated carbocycles. The number of carbonyl (C=O) groups excluding carboxylic acids is 1. The van der Waals surface area contributed by atoms with Gasteiger partial charge in [0.1, 0.15) is 0 Å². The fraction of sp³-hybridized carbons (Fsp3) is 0.333. The summed E-state index contributed by atoms with van der Waals surface area (Å²) in [6.07, 6.45) is 0. The van der Waals surface area contributed by atoms with Gasteiger partial charge in [-0.3, -0.25) is 4.79 Å². The second-order valence-electron chi connectivity index (χ2n) is 6.80. The Labute approximate surface area is 174 Å². The molecule has 0 atom stereocenters. The van der Waals surface area contributed by atoms with Crippen molar-refractivity contribution in [3.8, 4) is 0 Å². The van der Waals surface area contributed by atoms with Gasteiger partial charge in [0.25, 0.3) is 5.91 Å². The molecule has 1 heterocycles. The summed E-state index contributed by atoms with van der Waals surface area (Å²) in [6, 6.07) is 10.1. The third-order valence-electron chi connectivity index (χ3n) is 4.67. The van der Waals surface area contributed by atoms with Gasteiger partial charge in [-0.25, -0.2) is 8.42 Å². The van der Waals surface area contributed by atoms with Crippen LogP contribution >= 0.6 is 11.3 Å². The largest absolute Gasteiger partial charge is 0.383 e. The maximum absolute atomic E-state index is 12.7. The Balaban J connectivity index is 2.07.